The van der Waals surface area contributed by atoms with Crippen molar-refractivity contribution in [3.05, 3.63) is 86.2 Å². The number of allylic oxidation sites excluding steroid dienone is 4. The van der Waals surface area contributed by atoms with Gasteiger partial charge in [-0.05, 0) is 112 Å². The third kappa shape index (κ3) is 6.22. The molecule has 2 rings (SSSR count). The van der Waals surface area contributed by atoms with Crippen LogP contribution in [0.3, 0.4) is 0 Å². The first kappa shape index (κ1) is 26.1. The molecule has 0 saturated heterocycles. The van der Waals surface area contributed by atoms with Gasteiger partial charge in [0.1, 0.15) is 11.5 Å². The Morgan fingerprint density at radius 3 is 1.88 bits per heavy atom. The summed E-state index contributed by atoms with van der Waals surface area (Å²) in [6.07, 6.45) is 3.62. The van der Waals surface area contributed by atoms with Crippen LogP contribution in [0.15, 0.2) is 47.2 Å². The Hall–Kier alpha value is -3.14. The van der Waals surface area contributed by atoms with E-state index in [1.165, 1.54) is 0 Å². The van der Waals surface area contributed by atoms with E-state index in [4.69, 9.17) is 9.47 Å². The molecule has 0 radical (unpaired) electrons. The van der Waals surface area contributed by atoms with Gasteiger partial charge in [0.15, 0.2) is 0 Å². The molecule has 0 amide bonds. The molecule has 33 heavy (non-hydrogen) atoms. The standard InChI is InChI=1S/C29H36O4/c1-10-12-18(4)21(7)26(11-2)32-28(30)24-13-17(3)14-25(16-24)29(31)33-27-22(8)19(5)15-20(6)23(27)9/h12-16H,10-11H2,1-9H3/b18-12-,26-21+. The number of carbonyl (C=O) groups excluding carboxylic acids is 2. The Kier molecular flexibility index (Phi) is 8.81. The summed E-state index contributed by atoms with van der Waals surface area (Å²) in [5, 5.41) is 0. The normalized spacial score (nSPS) is 12.3. The minimum atomic E-state index is -0.492. The van der Waals surface area contributed by atoms with Crippen molar-refractivity contribution in [1.82, 2.24) is 0 Å². The van der Waals surface area contributed by atoms with Crippen LogP contribution in [-0.2, 0) is 4.74 Å². The van der Waals surface area contributed by atoms with E-state index < -0.39 is 11.9 Å². The number of rotatable bonds is 7. The highest BCUT2D eigenvalue weighted by Gasteiger charge is 2.19. The van der Waals surface area contributed by atoms with E-state index in [2.05, 4.69) is 19.1 Å². The molecule has 0 heterocycles. The van der Waals surface area contributed by atoms with Crippen molar-refractivity contribution < 1.29 is 19.1 Å². The van der Waals surface area contributed by atoms with E-state index in [9.17, 15) is 9.59 Å². The molecule has 0 aliphatic carbocycles. The van der Waals surface area contributed by atoms with Crippen molar-refractivity contribution >= 4 is 11.9 Å². The number of hydrogen-bond donors (Lipinski definition) is 0. The largest absolute Gasteiger partial charge is 0.427 e. The van der Waals surface area contributed by atoms with E-state index in [1.54, 1.807) is 18.2 Å². The number of hydrogen-bond acceptors (Lipinski definition) is 4. The lowest BCUT2D eigenvalue weighted by Gasteiger charge is -2.16. The first-order chi connectivity index (χ1) is 15.5. The van der Waals surface area contributed by atoms with Gasteiger partial charge in [-0.15, -0.1) is 0 Å². The van der Waals surface area contributed by atoms with Crippen molar-refractivity contribution in [2.75, 3.05) is 0 Å². The smallest absolute Gasteiger partial charge is 0.343 e. The molecule has 0 fully saturated rings. The predicted octanol–water partition coefficient (Wildman–Crippen LogP) is 7.65. The lowest BCUT2D eigenvalue weighted by atomic mass is 10.00. The van der Waals surface area contributed by atoms with Gasteiger partial charge in [-0.3, -0.25) is 0 Å². The fourth-order valence-electron chi connectivity index (χ4n) is 3.77. The first-order valence-electron chi connectivity index (χ1n) is 11.5. The average Bonchev–Trinajstić information content (AvgIpc) is 2.77. The molecule has 2 aromatic rings. The highest BCUT2D eigenvalue weighted by molar-refractivity contribution is 5.97. The summed E-state index contributed by atoms with van der Waals surface area (Å²) in [6, 6.07) is 7.08. The van der Waals surface area contributed by atoms with Crippen molar-refractivity contribution in [1.29, 1.82) is 0 Å². The van der Waals surface area contributed by atoms with Gasteiger partial charge >= 0.3 is 11.9 Å². The second kappa shape index (κ2) is 11.1. The van der Waals surface area contributed by atoms with Crippen LogP contribution < -0.4 is 4.74 Å². The maximum absolute atomic E-state index is 13.0. The van der Waals surface area contributed by atoms with Gasteiger partial charge in [0.05, 0.1) is 11.1 Å². The Bertz CT molecular complexity index is 1110. The number of ether oxygens (including phenoxy) is 2. The predicted molar refractivity (Wildman–Crippen MR) is 134 cm³/mol. The molecule has 0 bridgehead atoms. The number of carbonyl (C=O) groups is 2. The van der Waals surface area contributed by atoms with Crippen molar-refractivity contribution in [3.8, 4) is 5.75 Å². The molecule has 0 saturated carbocycles. The molecule has 0 unspecified atom stereocenters. The third-order valence-electron chi connectivity index (χ3n) is 6.10. The van der Waals surface area contributed by atoms with Gasteiger partial charge in [-0.1, -0.05) is 26.0 Å². The molecule has 176 valence electrons. The minimum absolute atomic E-state index is 0.320. The number of esters is 2. The fraction of sp³-hybridized carbons (Fsp3) is 0.379. The van der Waals surface area contributed by atoms with Gasteiger partial charge < -0.3 is 9.47 Å². The molecule has 0 aliphatic heterocycles. The van der Waals surface area contributed by atoms with Crippen LogP contribution in [-0.4, -0.2) is 11.9 Å². The Labute approximate surface area is 198 Å². The Balaban J connectivity index is 2.36. The van der Waals surface area contributed by atoms with Crippen LogP contribution in [0, 0.1) is 34.6 Å². The van der Waals surface area contributed by atoms with Crippen LogP contribution in [0.4, 0.5) is 0 Å². The van der Waals surface area contributed by atoms with Gasteiger partial charge in [-0.2, -0.15) is 0 Å². The summed E-state index contributed by atoms with van der Waals surface area (Å²) in [4.78, 5) is 26.0. The van der Waals surface area contributed by atoms with E-state index >= 15 is 0 Å². The highest BCUT2D eigenvalue weighted by atomic mass is 16.5. The van der Waals surface area contributed by atoms with Crippen LogP contribution >= 0.6 is 0 Å². The molecule has 0 aromatic heterocycles. The van der Waals surface area contributed by atoms with Crippen LogP contribution in [0.2, 0.25) is 0 Å². The van der Waals surface area contributed by atoms with E-state index in [0.29, 0.717) is 29.1 Å². The van der Waals surface area contributed by atoms with Crippen LogP contribution in [0.5, 0.6) is 5.75 Å². The number of aryl methyl sites for hydroxylation is 3. The van der Waals surface area contributed by atoms with Crippen molar-refractivity contribution in [2.45, 2.75) is 75.2 Å². The monoisotopic (exact) mass is 448 g/mol. The Morgan fingerprint density at radius 2 is 1.36 bits per heavy atom. The molecular formula is C29H36O4. The molecule has 0 spiro atoms. The topological polar surface area (TPSA) is 52.6 Å². The summed E-state index contributed by atoms with van der Waals surface area (Å²) in [6.45, 7) is 17.7. The van der Waals surface area contributed by atoms with Gasteiger partial charge in [-0.25, -0.2) is 9.59 Å². The molecule has 4 nitrogen and oxygen atoms in total. The van der Waals surface area contributed by atoms with Gasteiger partial charge in [0, 0.05) is 6.42 Å². The van der Waals surface area contributed by atoms with E-state index in [1.807, 2.05) is 55.4 Å². The maximum atomic E-state index is 13.0. The third-order valence-corrected chi connectivity index (χ3v) is 6.10. The lowest BCUT2D eigenvalue weighted by Crippen LogP contribution is -2.14. The average molecular weight is 449 g/mol. The van der Waals surface area contributed by atoms with Crippen LogP contribution in [0.25, 0.3) is 0 Å². The molecule has 0 aliphatic rings. The minimum Gasteiger partial charge on any atom is -0.427 e. The van der Waals surface area contributed by atoms with E-state index in [0.717, 1.165) is 45.4 Å². The molecule has 2 aromatic carbocycles. The van der Waals surface area contributed by atoms with Crippen molar-refractivity contribution in [2.24, 2.45) is 0 Å². The zero-order chi connectivity index (χ0) is 24.9. The molecule has 0 N–H and O–H groups in total. The highest BCUT2D eigenvalue weighted by Crippen LogP contribution is 2.30. The number of benzene rings is 2. The van der Waals surface area contributed by atoms with Crippen LogP contribution in [0.1, 0.15) is 89.1 Å². The summed E-state index contributed by atoms with van der Waals surface area (Å²) in [5.74, 6) is 0.239. The first-order valence-corrected chi connectivity index (χ1v) is 11.5. The SMILES string of the molecule is CC/C=C(C)\C(C)=C(/CC)OC(=O)c1cc(C)cc(C(=O)Oc2c(C)c(C)cc(C)c2C)c1. The zero-order valence-corrected chi connectivity index (χ0v) is 21.4. The second-order valence-electron chi connectivity index (χ2n) is 8.65. The van der Waals surface area contributed by atoms with E-state index in [-0.39, 0.29) is 0 Å². The Morgan fingerprint density at radius 1 is 0.818 bits per heavy atom. The fourth-order valence-corrected chi connectivity index (χ4v) is 3.77. The maximum Gasteiger partial charge on any atom is 0.343 e. The second-order valence-corrected chi connectivity index (χ2v) is 8.65. The molecular weight excluding hydrogens is 412 g/mol. The van der Waals surface area contributed by atoms with Crippen molar-refractivity contribution in [3.63, 3.8) is 0 Å². The lowest BCUT2D eigenvalue weighted by molar-refractivity contribution is 0.0612. The quantitative estimate of drug-likeness (QED) is 0.189. The van der Waals surface area contributed by atoms with Gasteiger partial charge in [0.2, 0.25) is 0 Å². The summed E-state index contributed by atoms with van der Waals surface area (Å²) in [5.41, 5.74) is 7.48. The zero-order valence-electron chi connectivity index (χ0n) is 21.4. The molecule has 4 heteroatoms. The summed E-state index contributed by atoms with van der Waals surface area (Å²) in [7, 11) is 0. The molecule has 0 atom stereocenters. The summed E-state index contributed by atoms with van der Waals surface area (Å²) < 4.78 is 11.5. The summed E-state index contributed by atoms with van der Waals surface area (Å²) >= 11 is 0. The van der Waals surface area contributed by atoms with Gasteiger partial charge in [0.25, 0.3) is 0 Å².